The first-order valence-electron chi connectivity index (χ1n) is 12.3. The van der Waals surface area contributed by atoms with Gasteiger partial charge in [0.05, 0.1) is 11.4 Å². The topological polar surface area (TPSA) is 118 Å². The van der Waals surface area contributed by atoms with E-state index in [1.807, 2.05) is 30.3 Å². The minimum Gasteiger partial charge on any atom is -0.457 e. The number of nitrogens with zero attached hydrogens (tertiary/aromatic N) is 5. The summed E-state index contributed by atoms with van der Waals surface area (Å²) in [5, 5.41) is 0. The Morgan fingerprint density at radius 2 is 1.44 bits per heavy atom. The van der Waals surface area contributed by atoms with Gasteiger partial charge in [0.25, 0.3) is 0 Å². The van der Waals surface area contributed by atoms with E-state index in [1.165, 1.54) is 20.4 Å². The summed E-state index contributed by atoms with van der Waals surface area (Å²) in [5.74, 6) is 1.50. The number of nitrogen functional groups attached to an aromatic ring is 1. The minimum absolute atomic E-state index is 0.168. The summed E-state index contributed by atoms with van der Waals surface area (Å²) in [6.07, 6.45) is 0.837. The summed E-state index contributed by atoms with van der Waals surface area (Å²) in [6, 6.07) is 23.4. The second kappa shape index (κ2) is 9.97. The van der Waals surface area contributed by atoms with Crippen LogP contribution in [0.15, 0.2) is 90.0 Å². The van der Waals surface area contributed by atoms with E-state index in [2.05, 4.69) is 9.97 Å². The van der Waals surface area contributed by atoms with Crippen LogP contribution in [0.1, 0.15) is 20.8 Å². The molecule has 2 heterocycles. The number of rotatable bonds is 5. The van der Waals surface area contributed by atoms with Crippen molar-refractivity contribution in [1.29, 1.82) is 0 Å². The molecule has 0 atom stereocenters. The number of ether oxygens (including phenoxy) is 2. The average molecular weight is 525 g/mol. The first-order chi connectivity index (χ1) is 18.6. The van der Waals surface area contributed by atoms with Crippen molar-refractivity contribution in [3.8, 4) is 22.9 Å². The van der Waals surface area contributed by atoms with Crippen molar-refractivity contribution < 1.29 is 14.3 Å². The Morgan fingerprint density at radius 1 is 0.846 bits per heavy atom. The molecule has 0 fully saturated rings. The molecule has 0 spiro atoms. The number of imidazole rings is 1. The fourth-order valence-electron chi connectivity index (χ4n) is 4.07. The number of hydrogen-bond donors (Lipinski definition) is 1. The highest BCUT2D eigenvalue weighted by atomic mass is 16.6. The third-order valence-electron chi connectivity index (χ3n) is 5.89. The van der Waals surface area contributed by atoms with Gasteiger partial charge < -0.3 is 15.2 Å². The number of carbonyl (C=O) groups excluding carboxylic acids is 1. The molecule has 0 aliphatic carbocycles. The first-order valence-corrected chi connectivity index (χ1v) is 12.3. The van der Waals surface area contributed by atoms with Crippen molar-refractivity contribution in [2.75, 3.05) is 17.7 Å². The van der Waals surface area contributed by atoms with Crippen molar-refractivity contribution in [2.45, 2.75) is 26.4 Å². The van der Waals surface area contributed by atoms with Crippen molar-refractivity contribution in [3.63, 3.8) is 0 Å². The van der Waals surface area contributed by atoms with Crippen LogP contribution in [-0.4, -0.2) is 37.8 Å². The summed E-state index contributed by atoms with van der Waals surface area (Å²) in [4.78, 5) is 36.1. The number of carbonyl (C=O) groups is 1. The molecule has 3 aromatic carbocycles. The molecule has 5 rings (SSSR count). The van der Waals surface area contributed by atoms with Gasteiger partial charge in [0.1, 0.15) is 28.9 Å². The number of fused-ring (bicyclic) bond motifs is 1. The van der Waals surface area contributed by atoms with Crippen LogP contribution in [0.3, 0.4) is 0 Å². The molecule has 2 N–H and O–H groups in total. The number of hydrogen-bond acceptors (Lipinski definition) is 7. The molecule has 0 aliphatic rings. The molecular formula is C29H28N6O4. The van der Waals surface area contributed by atoms with Gasteiger partial charge in [-0.05, 0) is 81.4 Å². The standard InChI is InChI=1S/C29H28N6O4/c1-29(2,3)39-28(37)33(4)19-10-12-21(13-11-19)35-26-24(25(30)31-18-32-26)34(27(35)36)20-14-16-23(17-15-20)38-22-8-6-5-7-9-22/h5-18H,1-4H3,(H2,30,31,32). The monoisotopic (exact) mass is 524 g/mol. The molecule has 10 heteroatoms. The number of para-hydroxylation sites is 1. The Morgan fingerprint density at radius 3 is 2.08 bits per heavy atom. The smallest absolute Gasteiger partial charge is 0.414 e. The molecule has 2 aromatic heterocycles. The van der Waals surface area contributed by atoms with Crippen molar-refractivity contribution in [3.05, 3.63) is 95.7 Å². The lowest BCUT2D eigenvalue weighted by molar-refractivity contribution is 0.0589. The first kappa shape index (κ1) is 25.5. The minimum atomic E-state index is -0.619. The van der Waals surface area contributed by atoms with E-state index in [-0.39, 0.29) is 11.5 Å². The van der Waals surface area contributed by atoms with Crippen LogP contribution in [-0.2, 0) is 4.74 Å². The highest BCUT2D eigenvalue weighted by Crippen LogP contribution is 2.27. The number of anilines is 2. The predicted molar refractivity (Wildman–Crippen MR) is 150 cm³/mol. The maximum atomic E-state index is 13.8. The van der Waals surface area contributed by atoms with Gasteiger partial charge in [0.15, 0.2) is 11.5 Å². The number of aromatic nitrogens is 4. The molecule has 0 radical (unpaired) electrons. The van der Waals surface area contributed by atoms with E-state index >= 15 is 0 Å². The molecule has 5 aromatic rings. The van der Waals surface area contributed by atoms with Gasteiger partial charge in [-0.3, -0.25) is 9.47 Å². The van der Waals surface area contributed by atoms with Crippen molar-refractivity contribution in [2.24, 2.45) is 0 Å². The Bertz CT molecular complexity index is 1690. The van der Waals surface area contributed by atoms with Crippen LogP contribution in [0, 0.1) is 0 Å². The zero-order valence-corrected chi connectivity index (χ0v) is 22.0. The average Bonchev–Trinajstić information content (AvgIpc) is 3.21. The van der Waals surface area contributed by atoms with Crippen LogP contribution in [0.2, 0.25) is 0 Å². The van der Waals surface area contributed by atoms with Crippen LogP contribution in [0.25, 0.3) is 22.5 Å². The summed E-state index contributed by atoms with van der Waals surface area (Å²) in [7, 11) is 1.63. The third-order valence-corrected chi connectivity index (χ3v) is 5.89. The molecule has 0 unspecified atom stereocenters. The molecule has 39 heavy (non-hydrogen) atoms. The van der Waals surface area contributed by atoms with Gasteiger partial charge in [-0.15, -0.1) is 0 Å². The van der Waals surface area contributed by atoms with E-state index in [1.54, 1.807) is 76.3 Å². The normalized spacial score (nSPS) is 11.4. The molecule has 0 saturated heterocycles. The van der Waals surface area contributed by atoms with Gasteiger partial charge in [-0.2, -0.15) is 0 Å². The Balaban J connectivity index is 1.52. The Labute approximate surface area is 224 Å². The Kier molecular flexibility index (Phi) is 6.53. The lowest BCUT2D eigenvalue weighted by Gasteiger charge is -2.24. The second-order valence-electron chi connectivity index (χ2n) is 9.85. The maximum Gasteiger partial charge on any atom is 0.414 e. The lowest BCUT2D eigenvalue weighted by Crippen LogP contribution is -2.34. The van der Waals surface area contributed by atoms with Crippen LogP contribution >= 0.6 is 0 Å². The van der Waals surface area contributed by atoms with Gasteiger partial charge in [-0.25, -0.2) is 24.1 Å². The zero-order valence-electron chi connectivity index (χ0n) is 22.0. The molecule has 0 saturated carbocycles. The van der Waals surface area contributed by atoms with Crippen molar-refractivity contribution >= 4 is 28.8 Å². The summed E-state index contributed by atoms with van der Waals surface area (Å²) >= 11 is 0. The van der Waals surface area contributed by atoms with E-state index in [0.29, 0.717) is 39.7 Å². The molecular weight excluding hydrogens is 496 g/mol. The zero-order chi connectivity index (χ0) is 27.7. The SMILES string of the molecule is CN(C(=O)OC(C)(C)C)c1ccc(-n2c(=O)n(-c3ccc(Oc4ccccc4)cc3)c3c(N)ncnc32)cc1. The largest absolute Gasteiger partial charge is 0.457 e. The van der Waals surface area contributed by atoms with E-state index in [9.17, 15) is 9.59 Å². The molecule has 0 aliphatic heterocycles. The van der Waals surface area contributed by atoms with Gasteiger partial charge in [-0.1, -0.05) is 18.2 Å². The number of amides is 1. The van der Waals surface area contributed by atoms with Crippen LogP contribution < -0.4 is 21.1 Å². The van der Waals surface area contributed by atoms with Crippen LogP contribution in [0.4, 0.5) is 16.3 Å². The third kappa shape index (κ3) is 5.17. The summed E-state index contributed by atoms with van der Waals surface area (Å²) in [6.45, 7) is 5.42. The van der Waals surface area contributed by atoms with E-state index < -0.39 is 11.7 Å². The lowest BCUT2D eigenvalue weighted by atomic mass is 10.2. The van der Waals surface area contributed by atoms with Gasteiger partial charge >= 0.3 is 11.8 Å². The van der Waals surface area contributed by atoms with Crippen molar-refractivity contribution in [1.82, 2.24) is 19.1 Å². The highest BCUT2D eigenvalue weighted by Gasteiger charge is 2.22. The highest BCUT2D eigenvalue weighted by molar-refractivity contribution is 5.88. The van der Waals surface area contributed by atoms with E-state index in [4.69, 9.17) is 15.2 Å². The predicted octanol–water partition coefficient (Wildman–Crippen LogP) is 5.32. The fourth-order valence-corrected chi connectivity index (χ4v) is 4.07. The van der Waals surface area contributed by atoms with Gasteiger partial charge in [0.2, 0.25) is 0 Å². The Hall–Kier alpha value is -5.12. The quantitative estimate of drug-likeness (QED) is 0.331. The molecule has 10 nitrogen and oxygen atoms in total. The second-order valence-corrected chi connectivity index (χ2v) is 9.85. The van der Waals surface area contributed by atoms with Gasteiger partial charge in [0, 0.05) is 12.7 Å². The molecule has 198 valence electrons. The summed E-state index contributed by atoms with van der Waals surface area (Å²) in [5.41, 5.74) is 7.70. The maximum absolute atomic E-state index is 13.8. The summed E-state index contributed by atoms with van der Waals surface area (Å²) < 4.78 is 14.2. The fraction of sp³-hybridized carbons (Fsp3) is 0.172. The number of benzene rings is 3. The van der Waals surface area contributed by atoms with E-state index in [0.717, 1.165) is 0 Å². The number of nitrogens with two attached hydrogens (primary N) is 1. The molecule has 0 bridgehead atoms. The molecule has 1 amide bonds. The van der Waals surface area contributed by atoms with Crippen LogP contribution in [0.5, 0.6) is 11.5 Å².